The highest BCUT2D eigenvalue weighted by atomic mass is 16.2. The standard InChI is InChI=1S/C19H26N4O2/c1-5-21-11-15(10-20-21)12-23(13(2)3)19(25)17-14(4)8-9-22(18(17)24)16-6-7-16/h8-11,13,16H,5-7,12H2,1-4H3. The van der Waals surface area contributed by atoms with E-state index in [0.717, 1.165) is 30.5 Å². The van der Waals surface area contributed by atoms with Crippen molar-refractivity contribution in [3.05, 3.63) is 51.7 Å². The van der Waals surface area contributed by atoms with Crippen LogP contribution >= 0.6 is 0 Å². The summed E-state index contributed by atoms with van der Waals surface area (Å²) in [5, 5.41) is 4.27. The van der Waals surface area contributed by atoms with Gasteiger partial charge >= 0.3 is 0 Å². The van der Waals surface area contributed by atoms with Gasteiger partial charge in [0.15, 0.2) is 0 Å². The van der Waals surface area contributed by atoms with Crippen LogP contribution in [0.25, 0.3) is 0 Å². The van der Waals surface area contributed by atoms with Crippen LogP contribution in [0, 0.1) is 6.92 Å². The van der Waals surface area contributed by atoms with E-state index >= 15 is 0 Å². The first-order valence-electron chi connectivity index (χ1n) is 8.96. The molecule has 2 heterocycles. The second kappa shape index (κ2) is 6.86. The Balaban J connectivity index is 1.93. The highest BCUT2D eigenvalue weighted by Crippen LogP contribution is 2.33. The minimum atomic E-state index is -0.197. The topological polar surface area (TPSA) is 60.1 Å². The molecule has 134 valence electrons. The molecule has 0 radical (unpaired) electrons. The van der Waals surface area contributed by atoms with E-state index in [-0.39, 0.29) is 23.6 Å². The molecule has 0 aromatic carbocycles. The van der Waals surface area contributed by atoms with Gasteiger partial charge in [-0.1, -0.05) is 0 Å². The summed E-state index contributed by atoms with van der Waals surface area (Å²) >= 11 is 0. The van der Waals surface area contributed by atoms with E-state index in [0.29, 0.717) is 12.1 Å². The number of rotatable bonds is 6. The molecule has 1 amide bonds. The summed E-state index contributed by atoms with van der Waals surface area (Å²) in [6, 6.07) is 2.13. The van der Waals surface area contributed by atoms with Crippen LogP contribution in [0.4, 0.5) is 0 Å². The van der Waals surface area contributed by atoms with Crippen LogP contribution in [0.15, 0.2) is 29.5 Å². The maximum absolute atomic E-state index is 13.2. The van der Waals surface area contributed by atoms with Crippen molar-refractivity contribution in [3.63, 3.8) is 0 Å². The van der Waals surface area contributed by atoms with Crippen LogP contribution in [0.5, 0.6) is 0 Å². The van der Waals surface area contributed by atoms with Crippen LogP contribution in [0.3, 0.4) is 0 Å². The third-order valence-electron chi connectivity index (χ3n) is 4.73. The Morgan fingerprint density at radius 3 is 2.68 bits per heavy atom. The van der Waals surface area contributed by atoms with Crippen molar-refractivity contribution in [3.8, 4) is 0 Å². The van der Waals surface area contributed by atoms with Gasteiger partial charge in [0.2, 0.25) is 0 Å². The molecule has 1 aliphatic rings. The second-order valence-electron chi connectivity index (χ2n) is 7.05. The van der Waals surface area contributed by atoms with Gasteiger partial charge in [-0.25, -0.2) is 0 Å². The molecule has 0 saturated heterocycles. The number of carbonyl (C=O) groups excluding carboxylic acids is 1. The summed E-state index contributed by atoms with van der Waals surface area (Å²) in [6.07, 6.45) is 7.58. The molecule has 0 aliphatic heterocycles. The average Bonchev–Trinajstić information content (AvgIpc) is 3.30. The van der Waals surface area contributed by atoms with Gasteiger partial charge in [0.05, 0.1) is 6.20 Å². The molecule has 2 aromatic rings. The van der Waals surface area contributed by atoms with Crippen molar-refractivity contribution in [1.29, 1.82) is 0 Å². The third-order valence-corrected chi connectivity index (χ3v) is 4.73. The Morgan fingerprint density at radius 1 is 1.40 bits per heavy atom. The third kappa shape index (κ3) is 3.52. The Bertz CT molecular complexity index is 830. The lowest BCUT2D eigenvalue weighted by Gasteiger charge is -2.27. The van der Waals surface area contributed by atoms with Gasteiger partial charge in [-0.05, 0) is 52.2 Å². The first-order chi connectivity index (χ1) is 11.9. The van der Waals surface area contributed by atoms with Crippen molar-refractivity contribution in [2.24, 2.45) is 0 Å². The highest BCUT2D eigenvalue weighted by Gasteiger charge is 2.29. The summed E-state index contributed by atoms with van der Waals surface area (Å²) in [6.45, 7) is 9.04. The predicted molar refractivity (Wildman–Crippen MR) is 96.6 cm³/mol. The molecule has 0 N–H and O–H groups in total. The number of nitrogens with zero attached hydrogens (tertiary/aromatic N) is 4. The van der Waals surface area contributed by atoms with Gasteiger partial charge in [0, 0.05) is 43.1 Å². The fraction of sp³-hybridized carbons (Fsp3) is 0.526. The molecular formula is C19H26N4O2. The maximum Gasteiger partial charge on any atom is 0.263 e. The molecular weight excluding hydrogens is 316 g/mol. The van der Waals surface area contributed by atoms with Crippen molar-refractivity contribution >= 4 is 5.91 Å². The average molecular weight is 342 g/mol. The molecule has 0 bridgehead atoms. The molecule has 1 fully saturated rings. The zero-order valence-corrected chi connectivity index (χ0v) is 15.4. The highest BCUT2D eigenvalue weighted by molar-refractivity contribution is 5.95. The van der Waals surface area contributed by atoms with Gasteiger partial charge in [-0.2, -0.15) is 5.10 Å². The minimum Gasteiger partial charge on any atom is -0.332 e. The quantitative estimate of drug-likeness (QED) is 0.811. The molecule has 3 rings (SSSR count). The van der Waals surface area contributed by atoms with Crippen molar-refractivity contribution in [1.82, 2.24) is 19.2 Å². The second-order valence-corrected chi connectivity index (χ2v) is 7.05. The monoisotopic (exact) mass is 342 g/mol. The minimum absolute atomic E-state index is 0.00847. The molecule has 1 saturated carbocycles. The van der Waals surface area contributed by atoms with Crippen LogP contribution in [0.1, 0.15) is 61.1 Å². The SMILES string of the molecule is CCn1cc(CN(C(=O)c2c(C)ccn(C3CC3)c2=O)C(C)C)cn1. The number of amides is 1. The molecule has 1 aliphatic carbocycles. The number of hydrogen-bond donors (Lipinski definition) is 0. The summed E-state index contributed by atoms with van der Waals surface area (Å²) in [7, 11) is 0. The molecule has 0 atom stereocenters. The number of aromatic nitrogens is 3. The van der Waals surface area contributed by atoms with Crippen molar-refractivity contribution < 1.29 is 4.79 Å². The van der Waals surface area contributed by atoms with Crippen molar-refractivity contribution in [2.45, 2.75) is 65.7 Å². The lowest BCUT2D eigenvalue weighted by Crippen LogP contribution is -2.40. The van der Waals surface area contributed by atoms with E-state index in [2.05, 4.69) is 5.10 Å². The van der Waals surface area contributed by atoms with Crippen LogP contribution in [0.2, 0.25) is 0 Å². The van der Waals surface area contributed by atoms with Crippen LogP contribution in [-0.4, -0.2) is 31.2 Å². The van der Waals surface area contributed by atoms with Gasteiger partial charge in [-0.3, -0.25) is 14.3 Å². The van der Waals surface area contributed by atoms with E-state index in [4.69, 9.17) is 0 Å². The number of aryl methyl sites for hydroxylation is 2. The van der Waals surface area contributed by atoms with E-state index in [1.54, 1.807) is 15.7 Å². The van der Waals surface area contributed by atoms with E-state index in [1.807, 2.05) is 50.8 Å². The number of carbonyl (C=O) groups is 1. The van der Waals surface area contributed by atoms with Gasteiger partial charge in [0.1, 0.15) is 5.56 Å². The number of pyridine rings is 1. The fourth-order valence-electron chi connectivity index (χ4n) is 3.03. The zero-order chi connectivity index (χ0) is 18.1. The van der Waals surface area contributed by atoms with E-state index < -0.39 is 0 Å². The predicted octanol–water partition coefficient (Wildman–Crippen LogP) is 2.76. The van der Waals surface area contributed by atoms with E-state index in [1.165, 1.54) is 0 Å². The number of hydrogen-bond acceptors (Lipinski definition) is 3. The lowest BCUT2D eigenvalue weighted by atomic mass is 10.1. The summed E-state index contributed by atoms with van der Waals surface area (Å²) < 4.78 is 3.56. The Hall–Kier alpha value is -2.37. The van der Waals surface area contributed by atoms with Gasteiger partial charge in [-0.15, -0.1) is 0 Å². The Morgan fingerprint density at radius 2 is 2.12 bits per heavy atom. The summed E-state index contributed by atoms with van der Waals surface area (Å²) in [5.74, 6) is -0.197. The summed E-state index contributed by atoms with van der Waals surface area (Å²) in [4.78, 5) is 27.8. The first kappa shape index (κ1) is 17.5. The largest absolute Gasteiger partial charge is 0.332 e. The molecule has 6 heteroatoms. The summed E-state index contributed by atoms with van der Waals surface area (Å²) in [5.41, 5.74) is 1.84. The van der Waals surface area contributed by atoms with Gasteiger partial charge in [0.25, 0.3) is 11.5 Å². The molecule has 25 heavy (non-hydrogen) atoms. The molecule has 0 spiro atoms. The van der Waals surface area contributed by atoms with Crippen molar-refractivity contribution in [2.75, 3.05) is 0 Å². The molecule has 6 nitrogen and oxygen atoms in total. The maximum atomic E-state index is 13.2. The lowest BCUT2D eigenvalue weighted by molar-refractivity contribution is 0.0687. The van der Waals surface area contributed by atoms with Crippen LogP contribution in [-0.2, 0) is 13.1 Å². The normalized spacial score (nSPS) is 14.1. The van der Waals surface area contributed by atoms with Gasteiger partial charge < -0.3 is 9.47 Å². The fourth-order valence-corrected chi connectivity index (χ4v) is 3.03. The first-order valence-corrected chi connectivity index (χ1v) is 8.96. The molecule has 2 aromatic heterocycles. The zero-order valence-electron chi connectivity index (χ0n) is 15.4. The Kier molecular flexibility index (Phi) is 4.79. The smallest absolute Gasteiger partial charge is 0.263 e. The molecule has 0 unspecified atom stereocenters. The van der Waals surface area contributed by atoms with Crippen LogP contribution < -0.4 is 5.56 Å². The van der Waals surface area contributed by atoms with E-state index in [9.17, 15) is 9.59 Å². The Labute approximate surface area is 148 Å².